The topological polar surface area (TPSA) is 87.1 Å². The summed E-state index contributed by atoms with van der Waals surface area (Å²) in [6, 6.07) is 7.30. The van der Waals surface area contributed by atoms with Gasteiger partial charge in [-0.3, -0.25) is 5.32 Å². The fourth-order valence-electron chi connectivity index (χ4n) is 1.43. The van der Waals surface area contributed by atoms with Crippen molar-refractivity contribution < 1.29 is 4.52 Å². The normalized spacial score (nSPS) is 11.2. The molecule has 0 saturated heterocycles. The zero-order valence-corrected chi connectivity index (χ0v) is 12.1. The Bertz CT molecular complexity index is 664. The maximum absolute atomic E-state index is 8.61. The summed E-state index contributed by atoms with van der Waals surface area (Å²) in [5.41, 5.74) is 1.45. The lowest BCUT2D eigenvalue weighted by molar-refractivity contribution is 0.391. The van der Waals surface area contributed by atoms with Gasteiger partial charge >= 0.3 is 0 Å². The van der Waals surface area contributed by atoms with Crippen molar-refractivity contribution in [3.05, 3.63) is 30.2 Å². The van der Waals surface area contributed by atoms with Gasteiger partial charge in [-0.1, -0.05) is 29.1 Å². The predicted molar refractivity (Wildman–Crippen MR) is 78.6 cm³/mol. The van der Waals surface area contributed by atoms with Crippen LogP contribution in [0.4, 0.5) is 5.69 Å². The zero-order chi connectivity index (χ0) is 14.4. The van der Waals surface area contributed by atoms with Gasteiger partial charge in [0.1, 0.15) is 5.88 Å². The van der Waals surface area contributed by atoms with Crippen LogP contribution in [-0.4, -0.2) is 21.6 Å². The van der Waals surface area contributed by atoms with E-state index in [0.29, 0.717) is 22.6 Å². The van der Waals surface area contributed by atoms with Crippen molar-refractivity contribution in [2.75, 3.05) is 6.26 Å². The molecular formula is C12H10ClN5OS. The number of nitriles is 1. The van der Waals surface area contributed by atoms with Crippen molar-refractivity contribution in [3.8, 4) is 17.6 Å². The molecule has 0 radical (unpaired) electrons. The van der Waals surface area contributed by atoms with E-state index in [1.807, 2.05) is 30.6 Å². The van der Waals surface area contributed by atoms with Gasteiger partial charge in [-0.25, -0.2) is 4.99 Å². The average molecular weight is 308 g/mol. The molecular weight excluding hydrogens is 298 g/mol. The average Bonchev–Trinajstić information content (AvgIpc) is 2.96. The summed E-state index contributed by atoms with van der Waals surface area (Å²) in [7, 11) is 0. The minimum Gasteiger partial charge on any atom is -0.338 e. The van der Waals surface area contributed by atoms with Gasteiger partial charge in [0, 0.05) is 5.56 Å². The van der Waals surface area contributed by atoms with E-state index >= 15 is 0 Å². The van der Waals surface area contributed by atoms with Crippen molar-refractivity contribution in [3.63, 3.8) is 0 Å². The highest BCUT2D eigenvalue weighted by Crippen LogP contribution is 2.22. The van der Waals surface area contributed by atoms with Gasteiger partial charge in [-0.15, -0.1) is 11.6 Å². The highest BCUT2D eigenvalue weighted by molar-refractivity contribution is 8.13. The minimum atomic E-state index is 0.174. The van der Waals surface area contributed by atoms with Crippen LogP contribution in [0.25, 0.3) is 11.4 Å². The number of benzene rings is 1. The fourth-order valence-corrected chi connectivity index (χ4v) is 1.88. The van der Waals surface area contributed by atoms with Crippen LogP contribution in [0.5, 0.6) is 0 Å². The summed E-state index contributed by atoms with van der Waals surface area (Å²) in [5.74, 6) is 0.997. The molecule has 1 aromatic heterocycles. The molecule has 0 amide bonds. The lowest BCUT2D eigenvalue weighted by atomic mass is 10.2. The number of hydrogen-bond donors (Lipinski definition) is 1. The van der Waals surface area contributed by atoms with Crippen molar-refractivity contribution in [1.29, 1.82) is 5.26 Å². The standard InChI is InChI=1S/C12H10ClN5OS/c1-20-12(15-7-14)16-9-4-2-3-8(5-9)11-17-10(6-13)19-18-11/h2-5H,6H2,1H3,(H,15,16). The Labute approximate surface area is 124 Å². The van der Waals surface area contributed by atoms with Crippen molar-refractivity contribution in [2.45, 2.75) is 5.88 Å². The molecule has 1 N–H and O–H groups in total. The molecule has 0 aliphatic rings. The first-order valence-electron chi connectivity index (χ1n) is 5.53. The number of aliphatic imine (C=N–C) groups is 1. The van der Waals surface area contributed by atoms with Crippen molar-refractivity contribution in [1.82, 2.24) is 15.5 Å². The van der Waals surface area contributed by atoms with Crippen molar-refractivity contribution >= 4 is 34.2 Å². The summed E-state index contributed by atoms with van der Waals surface area (Å²) in [6.07, 6.45) is 3.67. The fraction of sp³-hybridized carbons (Fsp3) is 0.167. The van der Waals surface area contributed by atoms with E-state index in [4.69, 9.17) is 21.4 Å². The molecule has 0 aliphatic carbocycles. The number of amidine groups is 1. The third-order valence-corrected chi connectivity index (χ3v) is 3.08. The Balaban J connectivity index is 2.30. The molecule has 2 rings (SSSR count). The molecule has 0 atom stereocenters. The Morgan fingerprint density at radius 1 is 1.60 bits per heavy atom. The van der Waals surface area contributed by atoms with Gasteiger partial charge in [0.25, 0.3) is 0 Å². The monoisotopic (exact) mass is 307 g/mol. The first-order chi connectivity index (χ1) is 9.76. The van der Waals surface area contributed by atoms with E-state index in [1.54, 1.807) is 6.07 Å². The van der Waals surface area contributed by atoms with E-state index < -0.39 is 0 Å². The highest BCUT2D eigenvalue weighted by atomic mass is 35.5. The molecule has 2 aromatic rings. The van der Waals surface area contributed by atoms with E-state index in [9.17, 15) is 0 Å². The van der Waals surface area contributed by atoms with Gasteiger partial charge in [0.15, 0.2) is 11.4 Å². The Morgan fingerprint density at radius 2 is 2.45 bits per heavy atom. The maximum Gasteiger partial charge on any atom is 0.241 e. The molecule has 102 valence electrons. The van der Waals surface area contributed by atoms with E-state index in [0.717, 1.165) is 5.56 Å². The lowest BCUT2D eigenvalue weighted by Crippen LogP contribution is -2.12. The summed E-state index contributed by atoms with van der Waals surface area (Å²) in [5, 5.41) is 15.5. The van der Waals surface area contributed by atoms with E-state index in [-0.39, 0.29) is 5.88 Å². The summed E-state index contributed by atoms with van der Waals surface area (Å²) < 4.78 is 4.96. The van der Waals surface area contributed by atoms with E-state index in [2.05, 4.69) is 20.4 Å². The molecule has 0 unspecified atom stereocenters. The maximum atomic E-state index is 8.61. The van der Waals surface area contributed by atoms with Gasteiger partial charge < -0.3 is 4.52 Å². The van der Waals surface area contributed by atoms with Crippen LogP contribution >= 0.6 is 23.4 Å². The third-order valence-electron chi connectivity index (χ3n) is 2.27. The Morgan fingerprint density at radius 3 is 3.10 bits per heavy atom. The smallest absolute Gasteiger partial charge is 0.241 e. The van der Waals surface area contributed by atoms with Gasteiger partial charge in [-0.2, -0.15) is 10.2 Å². The lowest BCUT2D eigenvalue weighted by Gasteiger charge is -2.01. The molecule has 0 bridgehead atoms. The SMILES string of the molecule is CSC(=Nc1cccc(-c2noc(CCl)n2)c1)NC#N. The molecule has 6 nitrogen and oxygen atoms in total. The largest absolute Gasteiger partial charge is 0.338 e. The van der Waals surface area contributed by atoms with Gasteiger partial charge in [0.05, 0.1) is 5.69 Å². The van der Waals surface area contributed by atoms with Gasteiger partial charge in [0.2, 0.25) is 11.7 Å². The second-order valence-corrected chi connectivity index (χ2v) is 4.62. The molecule has 1 heterocycles. The van der Waals surface area contributed by atoms with Gasteiger partial charge in [-0.05, 0) is 18.4 Å². The summed E-state index contributed by atoms with van der Waals surface area (Å²) in [4.78, 5) is 8.46. The second kappa shape index (κ2) is 6.93. The minimum absolute atomic E-state index is 0.174. The van der Waals surface area contributed by atoms with E-state index in [1.165, 1.54) is 11.8 Å². The number of halogens is 1. The molecule has 8 heteroatoms. The first-order valence-corrected chi connectivity index (χ1v) is 7.29. The highest BCUT2D eigenvalue weighted by Gasteiger charge is 2.08. The number of rotatable bonds is 3. The van der Waals surface area contributed by atoms with Crippen LogP contribution in [0, 0.1) is 11.5 Å². The number of nitrogens with one attached hydrogen (secondary N) is 1. The summed E-state index contributed by atoms with van der Waals surface area (Å²) >= 11 is 6.97. The number of alkyl halides is 1. The molecule has 0 aliphatic heterocycles. The number of thioether (sulfide) groups is 1. The molecule has 0 saturated carbocycles. The number of aromatic nitrogens is 2. The van der Waals surface area contributed by atoms with Crippen LogP contribution in [-0.2, 0) is 5.88 Å². The number of hydrogen-bond acceptors (Lipinski definition) is 6. The van der Waals surface area contributed by atoms with Crippen LogP contribution < -0.4 is 5.32 Å². The second-order valence-electron chi connectivity index (χ2n) is 3.55. The van der Waals surface area contributed by atoms with Crippen LogP contribution in [0.3, 0.4) is 0 Å². The van der Waals surface area contributed by atoms with Crippen LogP contribution in [0.1, 0.15) is 5.89 Å². The predicted octanol–water partition coefficient (Wildman–Crippen LogP) is 2.90. The molecule has 20 heavy (non-hydrogen) atoms. The van der Waals surface area contributed by atoms with Crippen LogP contribution in [0.15, 0.2) is 33.8 Å². The Hall–Kier alpha value is -2.04. The molecule has 1 aromatic carbocycles. The third kappa shape index (κ3) is 3.50. The molecule has 0 fully saturated rings. The summed E-state index contributed by atoms with van der Waals surface area (Å²) in [6.45, 7) is 0. The number of nitrogens with zero attached hydrogens (tertiary/aromatic N) is 4. The zero-order valence-electron chi connectivity index (χ0n) is 10.5. The van der Waals surface area contributed by atoms with Crippen LogP contribution in [0.2, 0.25) is 0 Å². The Kier molecular flexibility index (Phi) is 4.98. The quantitative estimate of drug-likeness (QED) is 0.308. The van der Waals surface area contributed by atoms with Crippen molar-refractivity contribution in [2.24, 2.45) is 4.99 Å². The molecule has 0 spiro atoms. The first kappa shape index (κ1) is 14.4.